The maximum absolute atomic E-state index is 13.6. The summed E-state index contributed by atoms with van der Waals surface area (Å²) >= 11 is 0. The van der Waals surface area contributed by atoms with Crippen LogP contribution in [0.5, 0.6) is 0 Å². The lowest BCUT2D eigenvalue weighted by Gasteiger charge is -2.27. The van der Waals surface area contributed by atoms with Gasteiger partial charge in [0.1, 0.15) is 17.7 Å². The first-order valence-corrected chi connectivity index (χ1v) is 8.43. The molecule has 1 aliphatic heterocycles. The highest BCUT2D eigenvalue weighted by molar-refractivity contribution is 5.64. The van der Waals surface area contributed by atoms with Gasteiger partial charge in [-0.2, -0.15) is 0 Å². The molecule has 0 aliphatic carbocycles. The Morgan fingerprint density at radius 2 is 1.92 bits per heavy atom. The van der Waals surface area contributed by atoms with Crippen molar-refractivity contribution >= 4 is 12.0 Å². The smallest absolute Gasteiger partial charge is 0.126 e. The minimum Gasteiger partial charge on any atom is -0.368 e. The van der Waals surface area contributed by atoms with Crippen molar-refractivity contribution in [1.82, 2.24) is 4.90 Å². The average Bonchev–Trinajstić information content (AvgIpc) is 2.58. The molecule has 2 aromatic rings. The van der Waals surface area contributed by atoms with Gasteiger partial charge >= 0.3 is 0 Å². The third-order valence-corrected chi connectivity index (χ3v) is 4.48. The molecular weight excluding hydrogens is 322 g/mol. The maximum Gasteiger partial charge on any atom is 0.126 e. The van der Waals surface area contributed by atoms with Gasteiger partial charge in [0.05, 0.1) is 18.6 Å². The fourth-order valence-corrected chi connectivity index (χ4v) is 2.98. The topological polar surface area (TPSA) is 24.8 Å². The van der Waals surface area contributed by atoms with E-state index in [1.807, 2.05) is 31.3 Å². The largest absolute Gasteiger partial charge is 0.368 e. The first-order chi connectivity index (χ1) is 12.0. The number of fused-ring (bicyclic) bond motifs is 1. The lowest BCUT2D eigenvalue weighted by molar-refractivity contribution is 0.0694. The third kappa shape index (κ3) is 3.87. The average molecular weight is 344 g/mol. The van der Waals surface area contributed by atoms with Gasteiger partial charge in [0.15, 0.2) is 0 Å². The summed E-state index contributed by atoms with van der Waals surface area (Å²) in [6.07, 6.45) is 2.12. The van der Waals surface area contributed by atoms with E-state index in [2.05, 4.69) is 18.0 Å². The molecule has 0 aromatic heterocycles. The number of halogens is 2. The summed E-state index contributed by atoms with van der Waals surface area (Å²) in [6, 6.07) is 7.61. The van der Waals surface area contributed by atoms with Crippen molar-refractivity contribution in [2.75, 3.05) is 20.2 Å². The second kappa shape index (κ2) is 7.31. The van der Waals surface area contributed by atoms with E-state index in [4.69, 9.17) is 4.74 Å². The van der Waals surface area contributed by atoms with Gasteiger partial charge in [0.2, 0.25) is 0 Å². The van der Waals surface area contributed by atoms with E-state index in [1.165, 1.54) is 12.1 Å². The number of hydrogen-bond donors (Lipinski definition) is 0. The number of benzene rings is 2. The van der Waals surface area contributed by atoms with Crippen molar-refractivity contribution in [2.24, 2.45) is 4.99 Å². The highest BCUT2D eigenvalue weighted by Gasteiger charge is 2.24. The first kappa shape index (κ1) is 17.5. The number of ether oxygens (including phenoxy) is 1. The molecule has 0 bridgehead atoms. The van der Waals surface area contributed by atoms with E-state index >= 15 is 0 Å². The molecule has 1 heterocycles. The molecule has 3 nitrogen and oxygen atoms in total. The molecule has 132 valence electrons. The second-order valence-electron chi connectivity index (χ2n) is 6.36. The Balaban J connectivity index is 1.99. The number of nitrogens with zero attached hydrogens (tertiary/aromatic N) is 2. The molecule has 2 aromatic carbocycles. The number of hydrogen-bond acceptors (Lipinski definition) is 2. The Morgan fingerprint density at radius 3 is 2.60 bits per heavy atom. The molecule has 1 aliphatic rings. The van der Waals surface area contributed by atoms with Gasteiger partial charge in [-0.1, -0.05) is 6.07 Å². The van der Waals surface area contributed by atoms with Crippen molar-refractivity contribution in [3.8, 4) is 0 Å². The first-order valence-electron chi connectivity index (χ1n) is 8.43. The molecule has 5 heteroatoms. The summed E-state index contributed by atoms with van der Waals surface area (Å²) in [5.74, 6) is -1.18. The van der Waals surface area contributed by atoms with Gasteiger partial charge in [-0.25, -0.2) is 13.8 Å². The van der Waals surface area contributed by atoms with Crippen LogP contribution < -0.4 is 0 Å². The Kier molecular flexibility index (Phi) is 5.13. The predicted molar refractivity (Wildman–Crippen MR) is 95.5 cm³/mol. The van der Waals surface area contributed by atoms with E-state index in [9.17, 15) is 8.78 Å². The van der Waals surface area contributed by atoms with Crippen LogP contribution in [0, 0.1) is 18.6 Å². The Labute approximate surface area is 147 Å². The van der Waals surface area contributed by atoms with Crippen molar-refractivity contribution in [3.63, 3.8) is 0 Å². The molecule has 0 fully saturated rings. The lowest BCUT2D eigenvalue weighted by atomic mass is 9.91. The van der Waals surface area contributed by atoms with Crippen LogP contribution >= 0.6 is 0 Å². The van der Waals surface area contributed by atoms with Gasteiger partial charge in [0, 0.05) is 19.7 Å². The highest BCUT2D eigenvalue weighted by atomic mass is 19.1. The number of rotatable bonds is 4. The number of aliphatic imine (C=N–C) groups is 1. The van der Waals surface area contributed by atoms with Gasteiger partial charge in [0.25, 0.3) is 0 Å². The standard InChI is InChI=1S/C20H22F2N2O/c1-4-24(3)12-23-19-10-14-5-6-25-20(18(14)7-13(19)2)15-8-16(21)11-17(22)9-15/h7-12,20H,4-6H2,1-3H3. The highest BCUT2D eigenvalue weighted by Crippen LogP contribution is 2.36. The zero-order valence-electron chi connectivity index (χ0n) is 14.7. The summed E-state index contributed by atoms with van der Waals surface area (Å²) < 4.78 is 33.0. The Bertz CT molecular complexity index is 784. The van der Waals surface area contributed by atoms with Gasteiger partial charge in [-0.05, 0) is 60.7 Å². The van der Waals surface area contributed by atoms with Crippen molar-refractivity contribution < 1.29 is 13.5 Å². The van der Waals surface area contributed by atoms with Crippen LogP contribution in [0.15, 0.2) is 35.3 Å². The SMILES string of the molecule is CCN(C)C=Nc1cc2c(cc1C)C(c1cc(F)cc(F)c1)OCC2. The van der Waals surface area contributed by atoms with Crippen LogP contribution in [0.2, 0.25) is 0 Å². The summed E-state index contributed by atoms with van der Waals surface area (Å²) in [7, 11) is 1.97. The lowest BCUT2D eigenvalue weighted by Crippen LogP contribution is -2.18. The minimum absolute atomic E-state index is 0.455. The van der Waals surface area contributed by atoms with Crippen molar-refractivity contribution in [1.29, 1.82) is 0 Å². The molecule has 25 heavy (non-hydrogen) atoms. The Morgan fingerprint density at radius 1 is 1.20 bits per heavy atom. The molecule has 0 saturated heterocycles. The molecule has 0 N–H and O–H groups in total. The van der Waals surface area contributed by atoms with E-state index < -0.39 is 17.7 Å². The zero-order valence-corrected chi connectivity index (χ0v) is 14.7. The Hall–Kier alpha value is -2.27. The molecule has 0 spiro atoms. The van der Waals surface area contributed by atoms with Crippen molar-refractivity contribution in [2.45, 2.75) is 26.4 Å². The monoisotopic (exact) mass is 344 g/mol. The molecule has 0 saturated carbocycles. The third-order valence-electron chi connectivity index (χ3n) is 4.48. The molecule has 0 radical (unpaired) electrons. The summed E-state index contributed by atoms with van der Waals surface area (Å²) in [6.45, 7) is 5.44. The minimum atomic E-state index is -0.591. The van der Waals surface area contributed by atoms with Gasteiger partial charge < -0.3 is 9.64 Å². The van der Waals surface area contributed by atoms with Crippen LogP contribution in [0.1, 0.15) is 35.3 Å². The predicted octanol–water partition coefficient (Wildman–Crippen LogP) is 4.55. The van der Waals surface area contributed by atoms with Crippen LogP contribution in [0.4, 0.5) is 14.5 Å². The van der Waals surface area contributed by atoms with E-state index in [0.717, 1.165) is 41.4 Å². The van der Waals surface area contributed by atoms with Gasteiger partial charge in [-0.3, -0.25) is 0 Å². The molecule has 1 atom stereocenters. The normalized spacial score (nSPS) is 16.9. The van der Waals surface area contributed by atoms with E-state index in [1.54, 1.807) is 0 Å². The van der Waals surface area contributed by atoms with Crippen LogP contribution in [-0.2, 0) is 11.2 Å². The quantitative estimate of drug-likeness (QED) is 0.600. The summed E-state index contributed by atoms with van der Waals surface area (Å²) in [5, 5.41) is 0. The van der Waals surface area contributed by atoms with E-state index in [-0.39, 0.29) is 0 Å². The fourth-order valence-electron chi connectivity index (χ4n) is 2.98. The fraction of sp³-hybridized carbons (Fsp3) is 0.350. The van der Waals surface area contributed by atoms with Crippen molar-refractivity contribution in [3.05, 3.63) is 64.2 Å². The summed E-state index contributed by atoms with van der Waals surface area (Å²) in [4.78, 5) is 6.55. The molecule has 3 rings (SSSR count). The maximum atomic E-state index is 13.6. The van der Waals surface area contributed by atoms with Crippen LogP contribution in [0.3, 0.4) is 0 Å². The molecule has 1 unspecified atom stereocenters. The van der Waals surface area contributed by atoms with E-state index in [0.29, 0.717) is 12.2 Å². The molecular formula is C20H22F2N2O. The van der Waals surface area contributed by atoms with Crippen LogP contribution in [0.25, 0.3) is 0 Å². The zero-order chi connectivity index (χ0) is 18.0. The number of aryl methyl sites for hydroxylation is 1. The van der Waals surface area contributed by atoms with Crippen LogP contribution in [-0.4, -0.2) is 31.4 Å². The second-order valence-corrected chi connectivity index (χ2v) is 6.36. The summed E-state index contributed by atoms with van der Waals surface area (Å²) in [5.41, 5.74) is 4.48. The van der Waals surface area contributed by atoms with Gasteiger partial charge in [-0.15, -0.1) is 0 Å². The molecule has 0 amide bonds.